The predicted molar refractivity (Wildman–Crippen MR) is 215 cm³/mol. The van der Waals surface area contributed by atoms with Crippen LogP contribution in [0.4, 0.5) is 4.79 Å². The van der Waals surface area contributed by atoms with Gasteiger partial charge in [-0.15, -0.1) is 0 Å². The van der Waals surface area contributed by atoms with Gasteiger partial charge in [0.2, 0.25) is 11.8 Å². The van der Waals surface area contributed by atoms with Gasteiger partial charge in [-0.3, -0.25) is 9.59 Å². The quantitative estimate of drug-likeness (QED) is 0.0805. The summed E-state index contributed by atoms with van der Waals surface area (Å²) in [7, 11) is 0. The summed E-state index contributed by atoms with van der Waals surface area (Å²) in [5, 5.41) is 18.7. The first kappa shape index (κ1) is 41.6. The van der Waals surface area contributed by atoms with Crippen LogP contribution in [0.1, 0.15) is 41.5 Å². The minimum absolute atomic E-state index is 0.0360. The average molecular weight is 780 g/mol. The fraction of sp³-hybridized carbons (Fsp3) is 0.318. The van der Waals surface area contributed by atoms with Crippen molar-refractivity contribution in [3.8, 4) is 5.75 Å². The SMILES string of the molecule is O=C(CC1CC=CCC(NC(=O)OCc2ccccc2)C(=O)OCC(CSCc2ccccc2)NC1=O)NC(CO)Cc1ccc(OCc2ccccc2)cc1. The monoisotopic (exact) mass is 779 g/mol. The molecule has 1 heterocycles. The van der Waals surface area contributed by atoms with E-state index in [1.54, 1.807) is 23.9 Å². The van der Waals surface area contributed by atoms with E-state index in [-0.39, 0.29) is 50.9 Å². The number of ether oxygens (including phenoxy) is 3. The molecule has 294 valence electrons. The van der Waals surface area contributed by atoms with Crippen molar-refractivity contribution in [1.29, 1.82) is 0 Å². The number of carbonyl (C=O) groups excluding carboxylic acids is 4. The molecular weight excluding hydrogens is 731 g/mol. The van der Waals surface area contributed by atoms with Crippen LogP contribution in [0, 0.1) is 5.92 Å². The molecule has 0 fully saturated rings. The third-order valence-corrected chi connectivity index (χ3v) is 10.2. The lowest BCUT2D eigenvalue weighted by Crippen LogP contribution is -2.47. The van der Waals surface area contributed by atoms with Crippen LogP contribution in [0.5, 0.6) is 5.75 Å². The van der Waals surface area contributed by atoms with E-state index in [0.29, 0.717) is 30.3 Å². The lowest BCUT2D eigenvalue weighted by atomic mass is 9.97. The molecule has 0 saturated carbocycles. The Morgan fingerprint density at radius 2 is 1.43 bits per heavy atom. The molecule has 0 spiro atoms. The number of alkyl carbamates (subject to hydrolysis) is 1. The number of rotatable bonds is 16. The van der Waals surface area contributed by atoms with Crippen molar-refractivity contribution in [2.75, 3.05) is 19.0 Å². The van der Waals surface area contributed by atoms with Crippen molar-refractivity contribution < 1.29 is 38.5 Å². The number of hydrogen-bond donors (Lipinski definition) is 4. The molecule has 0 aliphatic carbocycles. The Hall–Kier alpha value is -5.59. The number of aliphatic hydroxyl groups excluding tert-OH is 1. The Labute approximate surface area is 332 Å². The summed E-state index contributed by atoms with van der Waals surface area (Å²) in [4.78, 5) is 53.0. The number of hydrogen-bond acceptors (Lipinski definition) is 9. The van der Waals surface area contributed by atoms with Crippen LogP contribution in [-0.4, -0.2) is 66.1 Å². The summed E-state index contributed by atoms with van der Waals surface area (Å²) in [6.07, 6.45) is 3.19. The molecule has 1 aliphatic rings. The van der Waals surface area contributed by atoms with Crippen molar-refractivity contribution in [1.82, 2.24) is 16.0 Å². The van der Waals surface area contributed by atoms with Crippen LogP contribution in [0.25, 0.3) is 0 Å². The fourth-order valence-electron chi connectivity index (χ4n) is 5.94. The maximum Gasteiger partial charge on any atom is 0.408 e. The molecule has 12 heteroatoms. The van der Waals surface area contributed by atoms with E-state index in [0.717, 1.165) is 22.3 Å². The number of amides is 3. The van der Waals surface area contributed by atoms with Gasteiger partial charge < -0.3 is 35.3 Å². The molecule has 11 nitrogen and oxygen atoms in total. The Kier molecular flexibility index (Phi) is 16.9. The largest absolute Gasteiger partial charge is 0.489 e. The Morgan fingerprint density at radius 1 is 0.804 bits per heavy atom. The lowest BCUT2D eigenvalue weighted by molar-refractivity contribution is -0.147. The second-order valence-corrected chi connectivity index (χ2v) is 14.5. The number of thioether (sulfide) groups is 1. The average Bonchev–Trinajstić information content (AvgIpc) is 3.22. The smallest absolute Gasteiger partial charge is 0.408 e. The van der Waals surface area contributed by atoms with E-state index in [1.807, 2.05) is 115 Å². The number of aliphatic hydroxyl groups is 1. The molecule has 0 aromatic heterocycles. The van der Waals surface area contributed by atoms with Gasteiger partial charge in [-0.2, -0.15) is 11.8 Å². The minimum Gasteiger partial charge on any atom is -0.489 e. The third-order valence-electron chi connectivity index (χ3n) is 8.99. The van der Waals surface area contributed by atoms with E-state index in [9.17, 15) is 24.3 Å². The molecule has 4 aromatic rings. The zero-order chi connectivity index (χ0) is 39.4. The fourth-order valence-corrected chi connectivity index (χ4v) is 6.95. The van der Waals surface area contributed by atoms with Crippen molar-refractivity contribution in [2.24, 2.45) is 5.92 Å². The molecule has 4 unspecified atom stereocenters. The molecule has 4 atom stereocenters. The van der Waals surface area contributed by atoms with Gasteiger partial charge in [0.1, 0.15) is 31.6 Å². The van der Waals surface area contributed by atoms with Gasteiger partial charge in [0, 0.05) is 17.9 Å². The highest BCUT2D eigenvalue weighted by Crippen LogP contribution is 2.18. The van der Waals surface area contributed by atoms with E-state index in [1.165, 1.54) is 0 Å². The molecule has 0 saturated heterocycles. The van der Waals surface area contributed by atoms with Gasteiger partial charge in [0.15, 0.2) is 0 Å². The maximum absolute atomic E-state index is 13.7. The summed E-state index contributed by atoms with van der Waals surface area (Å²) in [5.74, 6) is -0.306. The van der Waals surface area contributed by atoms with Crippen LogP contribution in [-0.2, 0) is 49.2 Å². The van der Waals surface area contributed by atoms with Gasteiger partial charge in [0.05, 0.1) is 24.6 Å². The molecule has 0 radical (unpaired) electrons. The van der Waals surface area contributed by atoms with Crippen molar-refractivity contribution >= 4 is 35.6 Å². The van der Waals surface area contributed by atoms with Crippen LogP contribution < -0.4 is 20.7 Å². The number of nitrogens with one attached hydrogen (secondary N) is 3. The summed E-state index contributed by atoms with van der Waals surface area (Å²) in [6.45, 7) is 0.0609. The van der Waals surface area contributed by atoms with Crippen molar-refractivity contribution in [2.45, 2.75) is 62.8 Å². The standard InChI is InChI=1S/C44H49N3O8S/c48-26-37(24-32-20-22-39(23-21-32)53-27-33-12-4-1-5-13-33)45-41(49)25-36-18-10-11-19-40(47-44(52)55-28-34-14-6-2-7-15-34)43(51)54-29-38(46-42(36)50)31-56-30-35-16-8-3-9-17-35/h1-17,20-23,36-38,40,48H,18-19,24-31H2,(H,45,49)(H,46,50)(H,47,52). The molecule has 4 N–H and O–H groups in total. The first-order valence-electron chi connectivity index (χ1n) is 18.7. The molecule has 56 heavy (non-hydrogen) atoms. The summed E-state index contributed by atoms with van der Waals surface area (Å²) >= 11 is 1.57. The van der Waals surface area contributed by atoms with Crippen LogP contribution >= 0.6 is 11.8 Å². The van der Waals surface area contributed by atoms with E-state index in [2.05, 4.69) is 16.0 Å². The highest BCUT2D eigenvalue weighted by molar-refractivity contribution is 7.98. The number of allylic oxidation sites excluding steroid dienone is 1. The van der Waals surface area contributed by atoms with Gasteiger partial charge >= 0.3 is 12.1 Å². The van der Waals surface area contributed by atoms with E-state index < -0.39 is 36.1 Å². The Balaban J connectivity index is 1.19. The zero-order valence-corrected chi connectivity index (χ0v) is 32.0. The van der Waals surface area contributed by atoms with Gasteiger partial charge in [-0.05, 0) is 53.6 Å². The summed E-state index contributed by atoms with van der Waals surface area (Å²) in [6, 6.07) is 34.3. The topological polar surface area (TPSA) is 152 Å². The van der Waals surface area contributed by atoms with Crippen LogP contribution in [0.2, 0.25) is 0 Å². The highest BCUT2D eigenvalue weighted by Gasteiger charge is 2.28. The molecule has 0 bridgehead atoms. The van der Waals surface area contributed by atoms with E-state index in [4.69, 9.17) is 14.2 Å². The van der Waals surface area contributed by atoms with Gasteiger partial charge in [-0.1, -0.05) is 115 Å². The first-order chi connectivity index (χ1) is 27.3. The predicted octanol–water partition coefficient (Wildman–Crippen LogP) is 5.90. The lowest BCUT2D eigenvalue weighted by Gasteiger charge is -2.25. The normalized spacial score (nSPS) is 17.9. The number of cyclic esters (lactones) is 1. The first-order valence-corrected chi connectivity index (χ1v) is 19.9. The second-order valence-electron chi connectivity index (χ2n) is 13.5. The van der Waals surface area contributed by atoms with Crippen molar-refractivity contribution in [3.05, 3.63) is 150 Å². The van der Waals surface area contributed by atoms with Gasteiger partial charge in [0.25, 0.3) is 0 Å². The highest BCUT2D eigenvalue weighted by atomic mass is 32.2. The molecule has 5 rings (SSSR count). The number of carbonyl (C=O) groups is 4. The van der Waals surface area contributed by atoms with Crippen molar-refractivity contribution in [3.63, 3.8) is 0 Å². The molecule has 1 aliphatic heterocycles. The summed E-state index contributed by atoms with van der Waals surface area (Å²) in [5.41, 5.74) is 3.87. The van der Waals surface area contributed by atoms with E-state index >= 15 is 0 Å². The van der Waals surface area contributed by atoms with Gasteiger partial charge in [-0.25, -0.2) is 9.59 Å². The third kappa shape index (κ3) is 14.6. The molecule has 4 aromatic carbocycles. The maximum atomic E-state index is 13.7. The minimum atomic E-state index is -1.03. The second kappa shape index (κ2) is 22.7. The number of esters is 1. The Bertz CT molecular complexity index is 1840. The Morgan fingerprint density at radius 3 is 2.09 bits per heavy atom. The van der Waals surface area contributed by atoms with Crippen LogP contribution in [0.15, 0.2) is 127 Å². The zero-order valence-electron chi connectivity index (χ0n) is 31.2. The molecular formula is C44H49N3O8S. The number of benzene rings is 4. The van der Waals surface area contributed by atoms with Crippen LogP contribution in [0.3, 0.4) is 0 Å². The summed E-state index contributed by atoms with van der Waals surface area (Å²) < 4.78 is 16.9. The molecule has 3 amide bonds.